The third kappa shape index (κ3) is 3.00. The van der Waals surface area contributed by atoms with Crippen LogP contribution in [0.4, 0.5) is 0 Å². The zero-order chi connectivity index (χ0) is 16.4. The summed E-state index contributed by atoms with van der Waals surface area (Å²) in [4.78, 5) is 15.0. The maximum atomic E-state index is 12.3. The monoisotopic (exact) mass is 340 g/mol. The Morgan fingerprint density at radius 2 is 1.70 bits per heavy atom. The topological polar surface area (TPSA) is 56.6 Å². The number of nitriles is 1. The van der Waals surface area contributed by atoms with Crippen LogP contribution in [0, 0.1) is 11.3 Å². The van der Waals surface area contributed by atoms with E-state index in [1.165, 1.54) is 0 Å². The van der Waals surface area contributed by atoms with Crippen LogP contribution < -0.4 is 5.56 Å². The van der Waals surface area contributed by atoms with Gasteiger partial charge in [-0.1, -0.05) is 59.6 Å². The Labute approximate surface area is 142 Å². The quantitative estimate of drug-likeness (QED) is 0.722. The zero-order valence-corrected chi connectivity index (χ0v) is 13.3. The van der Waals surface area contributed by atoms with Gasteiger partial charge in [0.2, 0.25) is 0 Å². The molecule has 0 fully saturated rings. The molecule has 112 valence electrons. The van der Waals surface area contributed by atoms with Crippen molar-refractivity contribution in [3.8, 4) is 28.5 Å². The normalized spacial score (nSPS) is 10.3. The van der Waals surface area contributed by atoms with Gasteiger partial charge in [-0.15, -0.1) is 0 Å². The summed E-state index contributed by atoms with van der Waals surface area (Å²) < 4.78 is 0. The molecule has 0 bridgehead atoms. The standard InChI is InChI=1S/C18H10Cl2N2O/c19-12-6-7-13(16(20)8-12)14-9-17(11-4-2-1-3-5-11)22-18(23)15(14)10-21/h1-9H,(H,22,23). The first-order valence-corrected chi connectivity index (χ1v) is 7.54. The zero-order valence-electron chi connectivity index (χ0n) is 11.8. The van der Waals surface area contributed by atoms with Crippen LogP contribution in [-0.2, 0) is 0 Å². The van der Waals surface area contributed by atoms with E-state index in [9.17, 15) is 10.1 Å². The van der Waals surface area contributed by atoms with Gasteiger partial charge >= 0.3 is 0 Å². The van der Waals surface area contributed by atoms with Gasteiger partial charge in [-0.2, -0.15) is 5.26 Å². The van der Waals surface area contributed by atoms with E-state index in [2.05, 4.69) is 4.98 Å². The predicted molar refractivity (Wildman–Crippen MR) is 92.7 cm³/mol. The van der Waals surface area contributed by atoms with Gasteiger partial charge in [0, 0.05) is 26.9 Å². The lowest BCUT2D eigenvalue weighted by Gasteiger charge is -2.10. The Kier molecular flexibility index (Phi) is 4.20. The predicted octanol–water partition coefficient (Wildman–Crippen LogP) is 4.89. The van der Waals surface area contributed by atoms with E-state index in [0.29, 0.717) is 26.9 Å². The molecule has 3 aromatic rings. The highest BCUT2D eigenvalue weighted by Crippen LogP contribution is 2.33. The molecule has 0 saturated heterocycles. The molecular weight excluding hydrogens is 331 g/mol. The highest BCUT2D eigenvalue weighted by atomic mass is 35.5. The smallest absolute Gasteiger partial charge is 0.266 e. The minimum absolute atomic E-state index is 0.0221. The van der Waals surface area contributed by atoms with Crippen LogP contribution in [0.1, 0.15) is 5.56 Å². The highest BCUT2D eigenvalue weighted by molar-refractivity contribution is 6.36. The molecule has 3 rings (SSSR count). The molecule has 3 nitrogen and oxygen atoms in total. The second kappa shape index (κ2) is 6.29. The summed E-state index contributed by atoms with van der Waals surface area (Å²) >= 11 is 12.2. The molecule has 0 aliphatic rings. The van der Waals surface area contributed by atoms with Crippen molar-refractivity contribution in [2.45, 2.75) is 0 Å². The second-order valence-electron chi connectivity index (χ2n) is 4.90. The molecule has 5 heteroatoms. The minimum atomic E-state index is -0.449. The van der Waals surface area contributed by atoms with Crippen LogP contribution in [0.2, 0.25) is 10.0 Å². The Bertz CT molecular complexity index is 973. The Hall–Kier alpha value is -2.54. The van der Waals surface area contributed by atoms with Gasteiger partial charge in [0.05, 0.1) is 0 Å². The van der Waals surface area contributed by atoms with Crippen molar-refractivity contribution in [2.75, 3.05) is 0 Å². The van der Waals surface area contributed by atoms with Gasteiger partial charge in [-0.3, -0.25) is 4.79 Å². The average molecular weight is 341 g/mol. The first-order valence-electron chi connectivity index (χ1n) is 6.78. The van der Waals surface area contributed by atoms with Crippen LogP contribution in [-0.4, -0.2) is 4.98 Å². The molecule has 0 aliphatic carbocycles. The van der Waals surface area contributed by atoms with Crippen molar-refractivity contribution in [3.05, 3.63) is 80.6 Å². The summed E-state index contributed by atoms with van der Waals surface area (Å²) in [5.41, 5.74) is 2.12. The molecule has 1 aromatic heterocycles. The van der Waals surface area contributed by atoms with E-state index in [-0.39, 0.29) is 5.56 Å². The lowest BCUT2D eigenvalue weighted by atomic mass is 9.99. The Balaban J connectivity index is 2.29. The highest BCUT2D eigenvalue weighted by Gasteiger charge is 2.14. The van der Waals surface area contributed by atoms with E-state index in [4.69, 9.17) is 23.2 Å². The Morgan fingerprint density at radius 3 is 2.35 bits per heavy atom. The number of aromatic nitrogens is 1. The van der Waals surface area contributed by atoms with E-state index in [1.54, 1.807) is 24.3 Å². The van der Waals surface area contributed by atoms with Crippen LogP contribution >= 0.6 is 23.2 Å². The van der Waals surface area contributed by atoms with Crippen molar-refractivity contribution in [2.24, 2.45) is 0 Å². The van der Waals surface area contributed by atoms with Gasteiger partial charge in [0.15, 0.2) is 0 Å². The first kappa shape index (κ1) is 15.4. The molecule has 0 aliphatic heterocycles. The Morgan fingerprint density at radius 1 is 0.957 bits per heavy atom. The molecule has 0 spiro atoms. The fraction of sp³-hybridized carbons (Fsp3) is 0. The van der Waals surface area contributed by atoms with Gasteiger partial charge in [0.1, 0.15) is 11.6 Å². The number of rotatable bonds is 2. The summed E-state index contributed by atoms with van der Waals surface area (Å²) in [7, 11) is 0. The van der Waals surface area contributed by atoms with Crippen molar-refractivity contribution < 1.29 is 0 Å². The number of halogens is 2. The number of hydrogen-bond acceptors (Lipinski definition) is 2. The van der Waals surface area contributed by atoms with Crippen molar-refractivity contribution in [3.63, 3.8) is 0 Å². The molecule has 0 amide bonds. The van der Waals surface area contributed by atoms with Crippen molar-refractivity contribution in [1.82, 2.24) is 4.98 Å². The van der Waals surface area contributed by atoms with Crippen LogP contribution in [0.5, 0.6) is 0 Å². The molecule has 1 heterocycles. The van der Waals surface area contributed by atoms with E-state index in [0.717, 1.165) is 5.56 Å². The summed E-state index contributed by atoms with van der Waals surface area (Å²) in [6.07, 6.45) is 0. The molecule has 2 aromatic carbocycles. The summed E-state index contributed by atoms with van der Waals surface area (Å²) in [6, 6.07) is 18.1. The minimum Gasteiger partial charge on any atom is -0.321 e. The number of H-pyrrole nitrogens is 1. The maximum absolute atomic E-state index is 12.3. The van der Waals surface area contributed by atoms with Crippen LogP contribution in [0.15, 0.2) is 59.4 Å². The number of nitrogens with zero attached hydrogens (tertiary/aromatic N) is 1. The fourth-order valence-electron chi connectivity index (χ4n) is 2.36. The lowest BCUT2D eigenvalue weighted by Crippen LogP contribution is -2.12. The van der Waals surface area contributed by atoms with Gasteiger partial charge < -0.3 is 4.98 Å². The number of hydrogen-bond donors (Lipinski definition) is 1. The third-order valence-electron chi connectivity index (χ3n) is 3.45. The summed E-state index contributed by atoms with van der Waals surface area (Å²) in [6.45, 7) is 0. The first-order chi connectivity index (χ1) is 11.1. The number of aromatic amines is 1. The largest absolute Gasteiger partial charge is 0.321 e. The van der Waals surface area contributed by atoms with Gasteiger partial charge in [-0.05, 0) is 23.8 Å². The fourth-order valence-corrected chi connectivity index (χ4v) is 2.87. The van der Waals surface area contributed by atoms with Crippen molar-refractivity contribution >= 4 is 23.2 Å². The molecule has 0 saturated carbocycles. The molecule has 0 radical (unpaired) electrons. The molecule has 0 atom stereocenters. The van der Waals surface area contributed by atoms with E-state index >= 15 is 0 Å². The van der Waals surface area contributed by atoms with E-state index in [1.807, 2.05) is 36.4 Å². The summed E-state index contributed by atoms with van der Waals surface area (Å²) in [5, 5.41) is 10.2. The van der Waals surface area contributed by atoms with Crippen LogP contribution in [0.3, 0.4) is 0 Å². The molecule has 23 heavy (non-hydrogen) atoms. The van der Waals surface area contributed by atoms with Crippen LogP contribution in [0.25, 0.3) is 22.4 Å². The average Bonchev–Trinajstić information content (AvgIpc) is 2.55. The number of pyridine rings is 1. The molecular formula is C18H10Cl2N2O. The summed E-state index contributed by atoms with van der Waals surface area (Å²) in [5.74, 6) is 0. The molecule has 1 N–H and O–H groups in total. The number of benzene rings is 2. The van der Waals surface area contributed by atoms with Gasteiger partial charge in [-0.25, -0.2) is 0 Å². The SMILES string of the molecule is N#Cc1c(-c2ccc(Cl)cc2Cl)cc(-c2ccccc2)[nH]c1=O. The van der Waals surface area contributed by atoms with E-state index < -0.39 is 5.56 Å². The molecule has 0 unspecified atom stereocenters. The lowest BCUT2D eigenvalue weighted by molar-refractivity contribution is 1.22. The maximum Gasteiger partial charge on any atom is 0.266 e. The third-order valence-corrected chi connectivity index (χ3v) is 4.00. The second-order valence-corrected chi connectivity index (χ2v) is 5.75. The van der Waals surface area contributed by atoms with Gasteiger partial charge in [0.25, 0.3) is 5.56 Å². The van der Waals surface area contributed by atoms with Crippen molar-refractivity contribution in [1.29, 1.82) is 5.26 Å². The number of nitrogens with one attached hydrogen (secondary N) is 1.